The molecule has 0 aliphatic carbocycles. The first kappa shape index (κ1) is 13.8. The second kappa shape index (κ2) is 6.55. The van der Waals surface area contributed by atoms with Crippen molar-refractivity contribution in [2.75, 3.05) is 32.7 Å². The number of rotatable bonds is 3. The molecule has 1 saturated heterocycles. The Morgan fingerprint density at radius 2 is 2.26 bits per heavy atom. The Labute approximate surface area is 117 Å². The number of piperazine rings is 1. The lowest BCUT2D eigenvalue weighted by Gasteiger charge is -2.34. The highest BCUT2D eigenvalue weighted by molar-refractivity contribution is 7.09. The minimum absolute atomic E-state index is 0.0675. The van der Waals surface area contributed by atoms with E-state index < -0.39 is 0 Å². The smallest absolute Gasteiger partial charge is 0.318 e. The summed E-state index contributed by atoms with van der Waals surface area (Å²) in [4.78, 5) is 20.3. The zero-order valence-corrected chi connectivity index (χ0v) is 11.9. The second-order valence-corrected chi connectivity index (χ2v) is 5.55. The molecular formula is C13H18N4OS. The van der Waals surface area contributed by atoms with E-state index in [0.717, 1.165) is 43.4 Å². The summed E-state index contributed by atoms with van der Waals surface area (Å²) >= 11 is 1.68. The van der Waals surface area contributed by atoms with Gasteiger partial charge in [0.15, 0.2) is 0 Å². The van der Waals surface area contributed by atoms with E-state index in [1.165, 1.54) is 0 Å². The Morgan fingerprint density at radius 1 is 1.53 bits per heavy atom. The molecule has 1 fully saturated rings. The van der Waals surface area contributed by atoms with Crippen LogP contribution in [0.5, 0.6) is 0 Å². The average molecular weight is 278 g/mol. The lowest BCUT2D eigenvalue weighted by molar-refractivity contribution is 0.135. The van der Waals surface area contributed by atoms with Crippen molar-refractivity contribution in [3.05, 3.63) is 16.1 Å². The van der Waals surface area contributed by atoms with Gasteiger partial charge in [-0.15, -0.1) is 17.8 Å². The third-order valence-corrected chi connectivity index (χ3v) is 3.88. The maximum atomic E-state index is 11.7. The van der Waals surface area contributed by atoms with E-state index in [1.807, 2.05) is 6.92 Å². The number of carbonyl (C=O) groups excluding carboxylic acids is 1. The summed E-state index contributed by atoms with van der Waals surface area (Å²) in [7, 11) is 0. The SMILES string of the molecule is C#CCNC(=O)N1CCN(Cc2csc(C)n2)CC1. The Kier molecular flexibility index (Phi) is 4.77. The maximum Gasteiger partial charge on any atom is 0.318 e. The molecule has 2 rings (SSSR count). The van der Waals surface area contributed by atoms with Gasteiger partial charge in [0.05, 0.1) is 17.2 Å². The minimum atomic E-state index is -0.0675. The monoisotopic (exact) mass is 278 g/mol. The average Bonchev–Trinajstić information content (AvgIpc) is 2.82. The van der Waals surface area contributed by atoms with Crippen LogP contribution in [0.4, 0.5) is 4.79 Å². The standard InChI is InChI=1S/C13H18N4OS/c1-3-4-14-13(18)17-7-5-16(6-8-17)9-12-10-19-11(2)15-12/h1,10H,4-9H2,2H3,(H,14,18). The van der Waals surface area contributed by atoms with Gasteiger partial charge in [0.2, 0.25) is 0 Å². The van der Waals surface area contributed by atoms with Gasteiger partial charge in [0, 0.05) is 38.1 Å². The van der Waals surface area contributed by atoms with Crippen molar-refractivity contribution in [1.29, 1.82) is 0 Å². The molecule has 2 amide bonds. The summed E-state index contributed by atoms with van der Waals surface area (Å²) in [5.74, 6) is 2.41. The number of hydrogen-bond donors (Lipinski definition) is 1. The molecule has 0 saturated carbocycles. The number of aromatic nitrogens is 1. The van der Waals surface area contributed by atoms with Crippen LogP contribution in [0.1, 0.15) is 10.7 Å². The van der Waals surface area contributed by atoms with Gasteiger partial charge in [0.1, 0.15) is 0 Å². The highest BCUT2D eigenvalue weighted by Gasteiger charge is 2.21. The summed E-state index contributed by atoms with van der Waals surface area (Å²) < 4.78 is 0. The zero-order valence-electron chi connectivity index (χ0n) is 11.1. The van der Waals surface area contributed by atoms with Crippen LogP contribution in [-0.2, 0) is 6.54 Å². The number of carbonyl (C=O) groups is 1. The van der Waals surface area contributed by atoms with Gasteiger partial charge in [-0.05, 0) is 6.92 Å². The number of aryl methyl sites for hydroxylation is 1. The summed E-state index contributed by atoms with van der Waals surface area (Å²) in [6.07, 6.45) is 5.12. The fraction of sp³-hybridized carbons (Fsp3) is 0.538. The lowest BCUT2D eigenvalue weighted by Crippen LogP contribution is -2.51. The predicted octanol–water partition coefficient (Wildman–Crippen LogP) is 0.912. The third-order valence-electron chi connectivity index (χ3n) is 3.05. The zero-order chi connectivity index (χ0) is 13.7. The number of amides is 2. The Hall–Kier alpha value is -1.58. The van der Waals surface area contributed by atoms with Crippen LogP contribution < -0.4 is 5.32 Å². The van der Waals surface area contributed by atoms with Gasteiger partial charge in [0.25, 0.3) is 0 Å². The van der Waals surface area contributed by atoms with Gasteiger partial charge in [-0.3, -0.25) is 4.90 Å². The van der Waals surface area contributed by atoms with Crippen molar-refractivity contribution in [3.8, 4) is 12.3 Å². The second-order valence-electron chi connectivity index (χ2n) is 4.48. The molecule has 0 bridgehead atoms. The molecular weight excluding hydrogens is 260 g/mol. The van der Waals surface area contributed by atoms with Crippen LogP contribution >= 0.6 is 11.3 Å². The van der Waals surface area contributed by atoms with E-state index in [1.54, 1.807) is 16.2 Å². The molecule has 1 aromatic rings. The molecule has 0 unspecified atom stereocenters. The summed E-state index contributed by atoms with van der Waals surface area (Å²) in [5, 5.41) is 5.89. The molecule has 102 valence electrons. The summed E-state index contributed by atoms with van der Waals surface area (Å²) in [6.45, 7) is 6.39. The van der Waals surface area contributed by atoms with Crippen LogP contribution in [0.2, 0.25) is 0 Å². The van der Waals surface area contributed by atoms with E-state index >= 15 is 0 Å². The molecule has 5 nitrogen and oxygen atoms in total. The Balaban J connectivity index is 1.76. The third kappa shape index (κ3) is 3.94. The molecule has 2 heterocycles. The van der Waals surface area contributed by atoms with Crippen molar-refractivity contribution in [3.63, 3.8) is 0 Å². The number of nitrogens with zero attached hydrogens (tertiary/aromatic N) is 3. The molecule has 0 aromatic carbocycles. The molecule has 1 aliphatic rings. The van der Waals surface area contributed by atoms with Crippen LogP contribution in [-0.4, -0.2) is 53.5 Å². The van der Waals surface area contributed by atoms with E-state index in [4.69, 9.17) is 6.42 Å². The first-order valence-electron chi connectivity index (χ1n) is 6.28. The number of hydrogen-bond acceptors (Lipinski definition) is 4. The van der Waals surface area contributed by atoms with Crippen molar-refractivity contribution >= 4 is 17.4 Å². The van der Waals surface area contributed by atoms with Crippen molar-refractivity contribution in [2.45, 2.75) is 13.5 Å². The molecule has 1 aliphatic heterocycles. The topological polar surface area (TPSA) is 48.5 Å². The normalized spacial score (nSPS) is 16.1. The highest BCUT2D eigenvalue weighted by Crippen LogP contribution is 2.12. The Morgan fingerprint density at radius 3 is 2.84 bits per heavy atom. The fourth-order valence-electron chi connectivity index (χ4n) is 2.06. The molecule has 1 aromatic heterocycles. The van der Waals surface area contributed by atoms with E-state index in [-0.39, 0.29) is 12.6 Å². The number of terminal acetylenes is 1. The lowest BCUT2D eigenvalue weighted by atomic mass is 10.3. The minimum Gasteiger partial charge on any atom is -0.327 e. The van der Waals surface area contributed by atoms with Crippen LogP contribution in [0.25, 0.3) is 0 Å². The first-order chi connectivity index (χ1) is 9.19. The maximum absolute atomic E-state index is 11.7. The van der Waals surface area contributed by atoms with Crippen LogP contribution in [0, 0.1) is 19.3 Å². The summed E-state index contributed by atoms with van der Waals surface area (Å²) in [6, 6.07) is -0.0675. The fourth-order valence-corrected chi connectivity index (χ4v) is 2.66. The number of urea groups is 1. The highest BCUT2D eigenvalue weighted by atomic mass is 32.1. The van der Waals surface area contributed by atoms with Gasteiger partial charge in [-0.1, -0.05) is 5.92 Å². The predicted molar refractivity (Wildman–Crippen MR) is 75.9 cm³/mol. The number of thiazole rings is 1. The van der Waals surface area contributed by atoms with Crippen LogP contribution in [0.15, 0.2) is 5.38 Å². The largest absolute Gasteiger partial charge is 0.327 e. The van der Waals surface area contributed by atoms with E-state index in [9.17, 15) is 4.79 Å². The molecule has 1 N–H and O–H groups in total. The van der Waals surface area contributed by atoms with E-state index in [0.29, 0.717) is 0 Å². The van der Waals surface area contributed by atoms with Gasteiger partial charge in [-0.25, -0.2) is 9.78 Å². The number of nitrogens with one attached hydrogen (secondary N) is 1. The van der Waals surface area contributed by atoms with Gasteiger partial charge >= 0.3 is 6.03 Å². The van der Waals surface area contributed by atoms with Crippen LogP contribution in [0.3, 0.4) is 0 Å². The first-order valence-corrected chi connectivity index (χ1v) is 7.16. The van der Waals surface area contributed by atoms with Crippen molar-refractivity contribution < 1.29 is 4.79 Å². The molecule has 0 radical (unpaired) electrons. The molecule has 0 spiro atoms. The van der Waals surface area contributed by atoms with Crippen molar-refractivity contribution in [1.82, 2.24) is 20.1 Å². The molecule has 0 atom stereocenters. The van der Waals surface area contributed by atoms with Gasteiger partial charge in [-0.2, -0.15) is 0 Å². The van der Waals surface area contributed by atoms with Crippen molar-refractivity contribution in [2.24, 2.45) is 0 Å². The Bertz CT molecular complexity index is 471. The van der Waals surface area contributed by atoms with E-state index in [2.05, 4.69) is 26.5 Å². The molecule has 6 heteroatoms. The molecule has 19 heavy (non-hydrogen) atoms. The van der Waals surface area contributed by atoms with Gasteiger partial charge < -0.3 is 10.2 Å². The summed E-state index contributed by atoms with van der Waals surface area (Å²) in [5.41, 5.74) is 1.12. The quantitative estimate of drug-likeness (QED) is 0.836.